The van der Waals surface area contributed by atoms with Crippen LogP contribution in [0.25, 0.3) is 5.57 Å². The van der Waals surface area contributed by atoms with Crippen LogP contribution in [0.15, 0.2) is 84.4 Å². The first-order valence-electron chi connectivity index (χ1n) is 9.83. The summed E-state index contributed by atoms with van der Waals surface area (Å²) in [7, 11) is 0. The Morgan fingerprint density at radius 3 is 2.71 bits per heavy atom. The topological polar surface area (TPSA) is 88.5 Å². The molecule has 0 spiro atoms. The number of rotatable bonds is 9. The summed E-state index contributed by atoms with van der Waals surface area (Å²) in [6.07, 6.45) is 11.2. The van der Waals surface area contributed by atoms with E-state index in [1.807, 2.05) is 48.7 Å². The van der Waals surface area contributed by atoms with E-state index in [0.29, 0.717) is 29.9 Å². The minimum Gasteiger partial charge on any atom is -0.480 e. The van der Waals surface area contributed by atoms with Crippen molar-refractivity contribution in [2.24, 2.45) is 0 Å². The molecule has 31 heavy (non-hydrogen) atoms. The average Bonchev–Trinajstić information content (AvgIpc) is 2.81. The monoisotopic (exact) mass is 436 g/mol. The van der Waals surface area contributed by atoms with Crippen LogP contribution in [0, 0.1) is 0 Å². The van der Waals surface area contributed by atoms with E-state index in [1.165, 1.54) is 0 Å². The Hall–Kier alpha value is -3.32. The van der Waals surface area contributed by atoms with Crippen molar-refractivity contribution in [2.75, 3.05) is 12.0 Å². The number of nitrogens with one attached hydrogen (secondary N) is 1. The van der Waals surface area contributed by atoms with Gasteiger partial charge < -0.3 is 15.2 Å². The summed E-state index contributed by atoms with van der Waals surface area (Å²) in [6.45, 7) is 0. The van der Waals surface area contributed by atoms with Gasteiger partial charge in [-0.25, -0.2) is 4.79 Å². The summed E-state index contributed by atoms with van der Waals surface area (Å²) in [5.74, 6) is -0.156. The second-order valence-electron chi connectivity index (χ2n) is 6.91. The second-order valence-corrected chi connectivity index (χ2v) is 7.90. The summed E-state index contributed by atoms with van der Waals surface area (Å²) in [5.41, 5.74) is 3.06. The van der Waals surface area contributed by atoms with Crippen molar-refractivity contribution in [1.29, 1.82) is 0 Å². The highest BCUT2D eigenvalue weighted by atomic mass is 32.2. The van der Waals surface area contributed by atoms with Crippen molar-refractivity contribution in [1.82, 2.24) is 10.3 Å². The van der Waals surface area contributed by atoms with E-state index in [4.69, 9.17) is 4.74 Å². The fourth-order valence-corrected chi connectivity index (χ4v) is 3.60. The molecule has 0 fully saturated rings. The van der Waals surface area contributed by atoms with Gasteiger partial charge in [-0.05, 0) is 53.3 Å². The average molecular weight is 437 g/mol. The van der Waals surface area contributed by atoms with Crippen molar-refractivity contribution in [2.45, 2.75) is 18.9 Å². The number of carboxylic acid groups (broad SMARTS) is 1. The summed E-state index contributed by atoms with van der Waals surface area (Å²) >= 11 is 1.54. The van der Waals surface area contributed by atoms with Crippen LogP contribution in [0.5, 0.6) is 5.75 Å². The molecule has 7 heteroatoms. The third-order valence-corrected chi connectivity index (χ3v) is 5.38. The van der Waals surface area contributed by atoms with E-state index < -0.39 is 17.9 Å². The molecule has 6 nitrogen and oxygen atoms in total. The fourth-order valence-electron chi connectivity index (χ4n) is 3.13. The number of hydrogen-bond donors (Lipinski definition) is 2. The largest absolute Gasteiger partial charge is 0.480 e. The number of allylic oxidation sites excluding steroid dienone is 3. The first-order chi connectivity index (χ1) is 15.1. The summed E-state index contributed by atoms with van der Waals surface area (Å²) in [5, 5.41) is 12.1. The van der Waals surface area contributed by atoms with E-state index >= 15 is 0 Å². The van der Waals surface area contributed by atoms with Gasteiger partial charge in [0.2, 0.25) is 0 Å². The van der Waals surface area contributed by atoms with Gasteiger partial charge in [0, 0.05) is 18.2 Å². The number of thioether (sulfide) groups is 1. The maximum atomic E-state index is 13.0. The second kappa shape index (κ2) is 11.2. The third kappa shape index (κ3) is 6.33. The number of carboxylic acids is 1. The van der Waals surface area contributed by atoms with Gasteiger partial charge in [0.1, 0.15) is 11.8 Å². The highest BCUT2D eigenvalue weighted by molar-refractivity contribution is 7.98. The number of pyridine rings is 1. The summed E-state index contributed by atoms with van der Waals surface area (Å²) in [6, 6.07) is 12.3. The Morgan fingerprint density at radius 2 is 2.03 bits per heavy atom. The van der Waals surface area contributed by atoms with Crippen LogP contribution in [0.3, 0.4) is 0 Å². The van der Waals surface area contributed by atoms with Crippen molar-refractivity contribution in [3.63, 3.8) is 0 Å². The van der Waals surface area contributed by atoms with E-state index in [-0.39, 0.29) is 0 Å². The minimum atomic E-state index is -1.03. The van der Waals surface area contributed by atoms with E-state index in [0.717, 1.165) is 16.7 Å². The van der Waals surface area contributed by atoms with Gasteiger partial charge >= 0.3 is 5.97 Å². The number of benzene rings is 1. The SMILES string of the molecule is CSCC[C@H](NC(=O)C1=C(c2ccccc2)CC(=COc2cccnc2)C=C1)C(=O)O. The van der Waals surface area contributed by atoms with Gasteiger partial charge in [-0.3, -0.25) is 9.78 Å². The number of carbonyl (C=O) groups excluding carboxylic acids is 1. The summed E-state index contributed by atoms with van der Waals surface area (Å²) in [4.78, 5) is 28.6. The first-order valence-corrected chi connectivity index (χ1v) is 11.2. The highest BCUT2D eigenvalue weighted by Crippen LogP contribution is 2.31. The van der Waals surface area contributed by atoms with Crippen LogP contribution in [-0.2, 0) is 9.59 Å². The molecule has 1 heterocycles. The van der Waals surface area contributed by atoms with Crippen molar-refractivity contribution >= 4 is 29.2 Å². The molecule has 1 amide bonds. The predicted molar refractivity (Wildman–Crippen MR) is 123 cm³/mol. The molecule has 0 unspecified atom stereocenters. The number of carbonyl (C=O) groups is 2. The molecule has 160 valence electrons. The molecule has 0 saturated heterocycles. The quantitative estimate of drug-likeness (QED) is 0.576. The summed E-state index contributed by atoms with van der Waals surface area (Å²) < 4.78 is 5.69. The predicted octanol–water partition coefficient (Wildman–Crippen LogP) is 4.08. The highest BCUT2D eigenvalue weighted by Gasteiger charge is 2.24. The molecule has 1 aromatic carbocycles. The number of aromatic nitrogens is 1. The number of ether oxygens (including phenoxy) is 1. The molecular formula is C24H24N2O4S. The Morgan fingerprint density at radius 1 is 1.23 bits per heavy atom. The first kappa shape index (κ1) is 22.4. The Bertz CT molecular complexity index is 1000. The molecular weight excluding hydrogens is 412 g/mol. The van der Waals surface area contributed by atoms with E-state index in [2.05, 4.69) is 10.3 Å². The van der Waals surface area contributed by atoms with Crippen LogP contribution in [0.2, 0.25) is 0 Å². The number of nitrogens with zero attached hydrogens (tertiary/aromatic N) is 1. The van der Waals surface area contributed by atoms with Gasteiger partial charge in [0.15, 0.2) is 0 Å². The molecule has 0 bridgehead atoms. The molecule has 1 atom stereocenters. The van der Waals surface area contributed by atoms with Crippen LogP contribution < -0.4 is 10.1 Å². The van der Waals surface area contributed by atoms with Gasteiger partial charge in [0.25, 0.3) is 5.91 Å². The number of aliphatic carboxylic acids is 1. The molecule has 2 aromatic rings. The molecule has 0 saturated carbocycles. The standard InChI is InChI=1S/C24H24N2O4S/c1-31-13-11-22(24(28)29)26-23(27)20-10-9-17(16-30-19-8-5-12-25-15-19)14-21(20)18-6-3-2-4-7-18/h2-10,12,15-16,22H,11,13-14H2,1H3,(H,26,27)(H,28,29)/t22-/m0/s1. The zero-order chi connectivity index (χ0) is 22.1. The van der Waals surface area contributed by atoms with Crippen LogP contribution in [0.1, 0.15) is 18.4 Å². The van der Waals surface area contributed by atoms with Gasteiger partial charge in [0.05, 0.1) is 12.5 Å². The molecule has 3 rings (SSSR count). The number of amides is 1. The van der Waals surface area contributed by atoms with E-state index in [1.54, 1.807) is 42.6 Å². The lowest BCUT2D eigenvalue weighted by Crippen LogP contribution is -2.42. The van der Waals surface area contributed by atoms with Crippen molar-refractivity contribution < 1.29 is 19.4 Å². The van der Waals surface area contributed by atoms with Crippen LogP contribution >= 0.6 is 11.8 Å². The van der Waals surface area contributed by atoms with Crippen LogP contribution in [-0.4, -0.2) is 40.0 Å². The molecule has 1 aliphatic rings. The maximum Gasteiger partial charge on any atom is 0.326 e. The van der Waals surface area contributed by atoms with Crippen LogP contribution in [0.4, 0.5) is 0 Å². The van der Waals surface area contributed by atoms with Gasteiger partial charge in [-0.2, -0.15) is 11.8 Å². The lowest BCUT2D eigenvalue weighted by atomic mass is 9.89. The molecule has 0 radical (unpaired) electrons. The zero-order valence-corrected chi connectivity index (χ0v) is 18.0. The van der Waals surface area contributed by atoms with Crippen molar-refractivity contribution in [3.05, 3.63) is 90.0 Å². The zero-order valence-electron chi connectivity index (χ0n) is 17.2. The van der Waals surface area contributed by atoms with Crippen molar-refractivity contribution in [3.8, 4) is 5.75 Å². The Kier molecular flexibility index (Phi) is 8.06. The minimum absolute atomic E-state index is 0.365. The van der Waals surface area contributed by atoms with Gasteiger partial charge in [-0.1, -0.05) is 36.4 Å². The van der Waals surface area contributed by atoms with Gasteiger partial charge in [-0.15, -0.1) is 0 Å². The lowest BCUT2D eigenvalue weighted by molar-refractivity contribution is -0.141. The normalized spacial score (nSPS) is 15.6. The lowest BCUT2D eigenvalue weighted by Gasteiger charge is -2.20. The van der Waals surface area contributed by atoms with E-state index in [9.17, 15) is 14.7 Å². The fraction of sp³-hybridized carbons (Fsp3) is 0.208. The molecule has 2 N–H and O–H groups in total. The smallest absolute Gasteiger partial charge is 0.326 e. The molecule has 0 aliphatic heterocycles. The molecule has 1 aliphatic carbocycles. The molecule has 1 aromatic heterocycles. The number of hydrogen-bond acceptors (Lipinski definition) is 5. The Balaban J connectivity index is 1.85. The maximum absolute atomic E-state index is 13.0. The third-order valence-electron chi connectivity index (χ3n) is 4.73. The Labute approximate surface area is 185 Å².